The second-order valence-electron chi connectivity index (χ2n) is 6.75. The van der Waals surface area contributed by atoms with E-state index in [9.17, 15) is 4.39 Å². The van der Waals surface area contributed by atoms with E-state index in [-0.39, 0.29) is 35.2 Å². The van der Waals surface area contributed by atoms with Crippen LogP contribution in [0.1, 0.15) is 31.2 Å². The van der Waals surface area contributed by atoms with Crippen LogP contribution in [0.25, 0.3) is 0 Å². The van der Waals surface area contributed by atoms with Gasteiger partial charge in [0, 0.05) is 38.8 Å². The van der Waals surface area contributed by atoms with E-state index in [0.29, 0.717) is 26.3 Å². The first-order chi connectivity index (χ1) is 13.1. The van der Waals surface area contributed by atoms with Gasteiger partial charge in [0.2, 0.25) is 0 Å². The lowest BCUT2D eigenvalue weighted by Crippen LogP contribution is -2.48. The van der Waals surface area contributed by atoms with E-state index < -0.39 is 0 Å². The fourth-order valence-electron chi connectivity index (χ4n) is 3.34. The maximum Gasteiger partial charge on any atom is 0.191 e. The quantitative estimate of drug-likeness (QED) is 0.361. The van der Waals surface area contributed by atoms with E-state index in [0.717, 1.165) is 36.7 Å². The lowest BCUT2D eigenvalue weighted by atomic mass is 9.74. The number of nitrogens with one attached hydrogen (secondary N) is 2. The molecule has 2 aromatic rings. The minimum absolute atomic E-state index is 0. The molecule has 1 aliphatic heterocycles. The summed E-state index contributed by atoms with van der Waals surface area (Å²) in [6.07, 6.45) is 3.29. The molecule has 3 rings (SSSR count). The number of hydrogen-bond acceptors (Lipinski definition) is 4. The van der Waals surface area contributed by atoms with Crippen LogP contribution in [0.15, 0.2) is 35.6 Å². The molecule has 0 amide bonds. The molecule has 1 aromatic heterocycles. The van der Waals surface area contributed by atoms with Crippen LogP contribution in [0.4, 0.5) is 4.39 Å². The van der Waals surface area contributed by atoms with Crippen molar-refractivity contribution < 1.29 is 9.13 Å². The van der Waals surface area contributed by atoms with Crippen LogP contribution in [0.2, 0.25) is 0 Å². The highest BCUT2D eigenvalue weighted by Crippen LogP contribution is 2.34. The summed E-state index contributed by atoms with van der Waals surface area (Å²) in [6.45, 7) is 5.34. The maximum absolute atomic E-state index is 13.4. The Morgan fingerprint density at radius 1 is 1.25 bits per heavy atom. The summed E-state index contributed by atoms with van der Waals surface area (Å²) in [4.78, 5) is 8.82. The van der Waals surface area contributed by atoms with Gasteiger partial charge in [-0.1, -0.05) is 12.1 Å². The minimum atomic E-state index is -0.215. The Labute approximate surface area is 182 Å². The van der Waals surface area contributed by atoms with Crippen LogP contribution in [-0.2, 0) is 23.7 Å². The summed E-state index contributed by atoms with van der Waals surface area (Å²) in [6, 6.07) is 6.82. The zero-order valence-electron chi connectivity index (χ0n) is 16.3. The van der Waals surface area contributed by atoms with E-state index in [2.05, 4.69) is 25.7 Å². The predicted molar refractivity (Wildman–Crippen MR) is 117 cm³/mol. The lowest BCUT2D eigenvalue weighted by molar-refractivity contribution is 0.0513. The average molecular weight is 502 g/mol. The SMILES string of the molecule is CCNC(=NCc1ncnn1C)NCC1(c2ccc(F)cc2)CCOCC1.I. The minimum Gasteiger partial charge on any atom is -0.381 e. The third-order valence-corrected chi connectivity index (χ3v) is 5.03. The molecule has 1 aromatic carbocycles. The van der Waals surface area contributed by atoms with Crippen LogP contribution in [0.3, 0.4) is 0 Å². The molecule has 1 aliphatic rings. The average Bonchev–Trinajstić information content (AvgIpc) is 3.10. The monoisotopic (exact) mass is 502 g/mol. The van der Waals surface area contributed by atoms with Crippen molar-refractivity contribution in [2.75, 3.05) is 26.3 Å². The van der Waals surface area contributed by atoms with Gasteiger partial charge in [-0.25, -0.2) is 14.4 Å². The number of rotatable bonds is 6. The van der Waals surface area contributed by atoms with Crippen molar-refractivity contribution in [3.05, 3.63) is 47.8 Å². The number of nitrogens with zero attached hydrogens (tertiary/aromatic N) is 4. The zero-order valence-corrected chi connectivity index (χ0v) is 18.7. The summed E-state index contributed by atoms with van der Waals surface area (Å²) in [7, 11) is 1.85. The standard InChI is InChI=1S/C19H27FN6O.HI/c1-3-21-18(22-12-17-24-14-25-26(17)2)23-13-19(8-10-27-11-9-19)15-4-6-16(20)7-5-15;/h4-7,14H,3,8-13H2,1-2H3,(H2,21,22,23);1H. The van der Waals surface area contributed by atoms with Crippen LogP contribution in [0.5, 0.6) is 0 Å². The Hall–Kier alpha value is -1.75. The van der Waals surface area contributed by atoms with Gasteiger partial charge < -0.3 is 15.4 Å². The maximum atomic E-state index is 13.4. The Morgan fingerprint density at radius 2 is 1.96 bits per heavy atom. The molecule has 0 spiro atoms. The van der Waals surface area contributed by atoms with Gasteiger partial charge >= 0.3 is 0 Å². The van der Waals surface area contributed by atoms with Gasteiger partial charge in [0.1, 0.15) is 24.5 Å². The van der Waals surface area contributed by atoms with Gasteiger partial charge in [-0.3, -0.25) is 4.68 Å². The summed E-state index contributed by atoms with van der Waals surface area (Å²) >= 11 is 0. The normalized spacial score (nSPS) is 16.3. The molecule has 0 aliphatic carbocycles. The Balaban J connectivity index is 0.00000280. The van der Waals surface area contributed by atoms with E-state index in [1.165, 1.54) is 18.5 Å². The highest BCUT2D eigenvalue weighted by Gasteiger charge is 2.34. The molecule has 0 bridgehead atoms. The lowest BCUT2D eigenvalue weighted by Gasteiger charge is -2.38. The molecule has 154 valence electrons. The van der Waals surface area contributed by atoms with Crippen molar-refractivity contribution in [2.45, 2.75) is 31.7 Å². The molecular weight excluding hydrogens is 474 g/mol. The molecule has 2 N–H and O–H groups in total. The summed E-state index contributed by atoms with van der Waals surface area (Å²) in [5.41, 5.74) is 1.02. The molecular formula is C19H28FIN6O. The number of benzene rings is 1. The van der Waals surface area contributed by atoms with Gasteiger partial charge in [0.25, 0.3) is 0 Å². The fraction of sp³-hybridized carbons (Fsp3) is 0.526. The second kappa shape index (κ2) is 10.7. The Kier molecular flexibility index (Phi) is 8.61. The molecule has 7 nitrogen and oxygen atoms in total. The van der Waals surface area contributed by atoms with Crippen molar-refractivity contribution in [3.63, 3.8) is 0 Å². The highest BCUT2D eigenvalue weighted by atomic mass is 127. The van der Waals surface area contributed by atoms with Gasteiger partial charge in [-0.15, -0.1) is 24.0 Å². The number of halogens is 2. The van der Waals surface area contributed by atoms with Crippen molar-refractivity contribution in [1.29, 1.82) is 0 Å². The molecule has 0 atom stereocenters. The highest BCUT2D eigenvalue weighted by molar-refractivity contribution is 14.0. The molecule has 1 saturated heterocycles. The summed E-state index contributed by atoms with van der Waals surface area (Å²) in [5.74, 6) is 1.31. The van der Waals surface area contributed by atoms with Crippen LogP contribution >= 0.6 is 24.0 Å². The second-order valence-corrected chi connectivity index (χ2v) is 6.75. The number of aliphatic imine (C=N–C) groups is 1. The van der Waals surface area contributed by atoms with Crippen molar-refractivity contribution in [1.82, 2.24) is 25.4 Å². The Morgan fingerprint density at radius 3 is 2.57 bits per heavy atom. The van der Waals surface area contributed by atoms with Gasteiger partial charge in [-0.2, -0.15) is 5.10 Å². The molecule has 2 heterocycles. The number of aryl methyl sites for hydroxylation is 1. The van der Waals surface area contributed by atoms with Crippen LogP contribution in [0, 0.1) is 5.82 Å². The zero-order chi connectivity index (χ0) is 19.1. The molecule has 28 heavy (non-hydrogen) atoms. The number of guanidine groups is 1. The van der Waals surface area contributed by atoms with Crippen molar-refractivity contribution in [3.8, 4) is 0 Å². The van der Waals surface area contributed by atoms with Crippen LogP contribution < -0.4 is 10.6 Å². The van der Waals surface area contributed by atoms with Gasteiger partial charge in [-0.05, 0) is 37.5 Å². The largest absolute Gasteiger partial charge is 0.381 e. The number of hydrogen-bond donors (Lipinski definition) is 2. The third kappa shape index (κ3) is 5.63. The molecule has 1 fully saturated rings. The molecule has 0 unspecified atom stereocenters. The first-order valence-corrected chi connectivity index (χ1v) is 9.32. The van der Waals surface area contributed by atoms with Gasteiger partial charge in [0.15, 0.2) is 5.96 Å². The van der Waals surface area contributed by atoms with E-state index in [1.807, 2.05) is 26.1 Å². The first-order valence-electron chi connectivity index (χ1n) is 9.32. The smallest absolute Gasteiger partial charge is 0.191 e. The topological polar surface area (TPSA) is 76.4 Å². The van der Waals surface area contributed by atoms with Crippen LogP contribution in [-0.4, -0.2) is 47.0 Å². The molecule has 9 heteroatoms. The van der Waals surface area contributed by atoms with Gasteiger partial charge in [0.05, 0.1) is 0 Å². The van der Waals surface area contributed by atoms with E-state index in [4.69, 9.17) is 4.74 Å². The molecule has 0 saturated carbocycles. The molecule has 0 radical (unpaired) electrons. The fourth-order valence-corrected chi connectivity index (χ4v) is 3.34. The van der Waals surface area contributed by atoms with Crippen molar-refractivity contribution in [2.24, 2.45) is 12.0 Å². The summed E-state index contributed by atoms with van der Waals surface area (Å²) in [5, 5.41) is 10.8. The van der Waals surface area contributed by atoms with Crippen molar-refractivity contribution >= 4 is 29.9 Å². The third-order valence-electron chi connectivity index (χ3n) is 5.03. The van der Waals surface area contributed by atoms with E-state index >= 15 is 0 Å². The predicted octanol–water partition coefficient (Wildman–Crippen LogP) is 2.38. The Bertz CT molecular complexity index is 758. The first kappa shape index (κ1) is 22.5. The summed E-state index contributed by atoms with van der Waals surface area (Å²) < 4.78 is 20.7. The number of aromatic nitrogens is 3. The number of ether oxygens (including phenoxy) is 1. The van der Waals surface area contributed by atoms with E-state index in [1.54, 1.807) is 4.68 Å².